The molecule has 12 nitrogen and oxygen atoms in total. The van der Waals surface area contributed by atoms with Gasteiger partial charge in [-0.05, 0) is 49.2 Å². The lowest BCUT2D eigenvalue weighted by Gasteiger charge is -2.44. The predicted molar refractivity (Wildman–Crippen MR) is 148 cm³/mol. The number of rotatable bonds is 15. The summed E-state index contributed by atoms with van der Waals surface area (Å²) < 4.78 is 94.2. The summed E-state index contributed by atoms with van der Waals surface area (Å²) in [7, 11) is 0.366. The molecule has 0 saturated heterocycles. The standard InChI is InChI=1S/C26H38O12S2/c1-25(37-39(9,27)28,15-17-11-19(31-3)23(35-7)20(12-17)32-4)26(2,38-40(10,29)30)16-18-13-21(33-5)24(36-8)22(14-18)34-6/h11-14H,15-16H2,1-10H3/t25-,26-/m1/s1. The van der Waals surface area contributed by atoms with Crippen molar-refractivity contribution in [1.29, 1.82) is 0 Å². The van der Waals surface area contributed by atoms with E-state index in [0.717, 1.165) is 12.5 Å². The van der Waals surface area contributed by atoms with E-state index < -0.39 is 31.4 Å². The average Bonchev–Trinajstić information content (AvgIpc) is 2.84. The topological polar surface area (TPSA) is 142 Å². The summed E-state index contributed by atoms with van der Waals surface area (Å²) in [6.45, 7) is 2.92. The maximum absolute atomic E-state index is 12.6. The molecule has 40 heavy (non-hydrogen) atoms. The Morgan fingerprint density at radius 3 is 0.950 bits per heavy atom. The highest BCUT2D eigenvalue weighted by atomic mass is 32.2. The molecule has 2 aromatic rings. The summed E-state index contributed by atoms with van der Waals surface area (Å²) in [5.74, 6) is 1.91. The Kier molecular flexibility index (Phi) is 10.6. The normalized spacial score (nSPS) is 14.9. The zero-order valence-electron chi connectivity index (χ0n) is 24.4. The summed E-state index contributed by atoms with van der Waals surface area (Å²) in [6.07, 6.45) is 1.46. The SMILES string of the molecule is COc1cc(C[C@@](C)(OS(C)(=O)=O)[C@@](C)(Cc2cc(OC)c(OC)c(OC)c2)OS(C)(=O)=O)cc(OC)c1OC. The number of methoxy groups -OCH3 is 6. The summed E-state index contributed by atoms with van der Waals surface area (Å²) >= 11 is 0. The van der Waals surface area contributed by atoms with Gasteiger partial charge in [0.15, 0.2) is 23.0 Å². The van der Waals surface area contributed by atoms with Crippen molar-refractivity contribution in [2.24, 2.45) is 0 Å². The van der Waals surface area contributed by atoms with Gasteiger partial charge >= 0.3 is 0 Å². The van der Waals surface area contributed by atoms with Crippen molar-refractivity contribution in [2.75, 3.05) is 55.2 Å². The van der Waals surface area contributed by atoms with Gasteiger partial charge in [-0.15, -0.1) is 0 Å². The molecule has 2 rings (SSSR count). The van der Waals surface area contributed by atoms with Crippen molar-refractivity contribution in [1.82, 2.24) is 0 Å². The second kappa shape index (κ2) is 12.7. The molecule has 0 fully saturated rings. The molecule has 0 aliphatic heterocycles. The van der Waals surface area contributed by atoms with Gasteiger partial charge in [-0.2, -0.15) is 16.8 Å². The number of hydrogen-bond donors (Lipinski definition) is 0. The lowest BCUT2D eigenvalue weighted by molar-refractivity contribution is -0.0887. The van der Waals surface area contributed by atoms with E-state index in [9.17, 15) is 16.8 Å². The molecule has 2 aromatic carbocycles. The minimum absolute atomic E-state index is 0.146. The third kappa shape index (κ3) is 7.83. The second-order valence-corrected chi connectivity index (χ2v) is 12.6. The maximum atomic E-state index is 12.6. The van der Waals surface area contributed by atoms with Gasteiger partial charge in [0.1, 0.15) is 11.2 Å². The smallest absolute Gasteiger partial charge is 0.265 e. The fraction of sp³-hybridized carbons (Fsp3) is 0.538. The Hall–Kier alpha value is -2.94. The summed E-state index contributed by atoms with van der Waals surface area (Å²) in [5.41, 5.74) is -2.61. The Bertz CT molecular complexity index is 1250. The van der Waals surface area contributed by atoms with Crippen LogP contribution in [0.5, 0.6) is 34.5 Å². The summed E-state index contributed by atoms with van der Waals surface area (Å²) in [5, 5.41) is 0. The lowest BCUT2D eigenvalue weighted by atomic mass is 9.77. The Morgan fingerprint density at radius 1 is 0.525 bits per heavy atom. The average molecular weight is 607 g/mol. The molecule has 226 valence electrons. The van der Waals surface area contributed by atoms with Crippen LogP contribution in [0.1, 0.15) is 25.0 Å². The van der Waals surface area contributed by atoms with E-state index in [1.54, 1.807) is 24.3 Å². The van der Waals surface area contributed by atoms with Crippen molar-refractivity contribution in [2.45, 2.75) is 37.9 Å². The molecular formula is C26H38O12S2. The molecule has 0 amide bonds. The number of benzene rings is 2. The first-order valence-corrected chi connectivity index (χ1v) is 15.5. The van der Waals surface area contributed by atoms with Crippen LogP contribution in [0.3, 0.4) is 0 Å². The van der Waals surface area contributed by atoms with Crippen molar-refractivity contribution in [3.63, 3.8) is 0 Å². The Balaban J connectivity index is 2.82. The van der Waals surface area contributed by atoms with Gasteiger partial charge in [0.2, 0.25) is 11.5 Å². The van der Waals surface area contributed by atoms with Crippen molar-refractivity contribution >= 4 is 20.2 Å². The minimum atomic E-state index is -4.14. The highest BCUT2D eigenvalue weighted by Crippen LogP contribution is 2.45. The Labute approximate surface area is 236 Å². The van der Waals surface area contributed by atoms with E-state index in [1.807, 2.05) is 0 Å². The van der Waals surface area contributed by atoms with Crippen LogP contribution in [-0.2, 0) is 41.4 Å². The number of hydrogen-bond acceptors (Lipinski definition) is 12. The molecule has 0 unspecified atom stereocenters. The lowest BCUT2D eigenvalue weighted by Crippen LogP contribution is -2.58. The van der Waals surface area contributed by atoms with Gasteiger partial charge < -0.3 is 28.4 Å². The van der Waals surface area contributed by atoms with Gasteiger partial charge in [0, 0.05) is 12.8 Å². The molecule has 0 aliphatic carbocycles. The first kappa shape index (κ1) is 33.3. The van der Waals surface area contributed by atoms with Crippen LogP contribution in [0.15, 0.2) is 24.3 Å². The van der Waals surface area contributed by atoms with Crippen molar-refractivity contribution in [3.8, 4) is 34.5 Å². The largest absolute Gasteiger partial charge is 0.493 e. The molecule has 14 heteroatoms. The van der Waals surface area contributed by atoms with Crippen molar-refractivity contribution < 1.29 is 53.6 Å². The van der Waals surface area contributed by atoms with Gasteiger partial charge in [0.25, 0.3) is 20.2 Å². The molecule has 0 aromatic heterocycles. The highest BCUT2D eigenvalue weighted by molar-refractivity contribution is 7.86. The zero-order chi connectivity index (χ0) is 30.5. The fourth-order valence-corrected chi connectivity index (χ4v) is 6.34. The van der Waals surface area contributed by atoms with Crippen LogP contribution in [0, 0.1) is 0 Å². The van der Waals surface area contributed by atoms with Gasteiger partial charge in [0.05, 0.1) is 55.2 Å². The van der Waals surface area contributed by atoms with Crippen LogP contribution in [0.25, 0.3) is 0 Å². The first-order chi connectivity index (χ1) is 18.5. The van der Waals surface area contributed by atoms with E-state index in [0.29, 0.717) is 45.6 Å². The van der Waals surface area contributed by atoms with E-state index in [-0.39, 0.29) is 12.8 Å². The zero-order valence-corrected chi connectivity index (χ0v) is 26.1. The van der Waals surface area contributed by atoms with E-state index in [2.05, 4.69) is 0 Å². The highest BCUT2D eigenvalue weighted by Gasteiger charge is 2.52. The molecule has 0 bridgehead atoms. The molecule has 0 aliphatic rings. The van der Waals surface area contributed by atoms with Gasteiger partial charge in [-0.25, -0.2) is 0 Å². The van der Waals surface area contributed by atoms with E-state index in [1.165, 1.54) is 56.5 Å². The predicted octanol–water partition coefficient (Wildman–Crippen LogP) is 2.99. The van der Waals surface area contributed by atoms with Crippen LogP contribution < -0.4 is 28.4 Å². The minimum Gasteiger partial charge on any atom is -0.493 e. The fourth-order valence-electron chi connectivity index (χ4n) is 4.53. The van der Waals surface area contributed by atoms with Gasteiger partial charge in [-0.1, -0.05) is 0 Å². The molecule has 0 heterocycles. The molecule has 2 atom stereocenters. The summed E-state index contributed by atoms with van der Waals surface area (Å²) in [4.78, 5) is 0. The molecule has 0 saturated carbocycles. The van der Waals surface area contributed by atoms with Crippen LogP contribution in [0.2, 0.25) is 0 Å². The van der Waals surface area contributed by atoms with Gasteiger partial charge in [-0.3, -0.25) is 8.37 Å². The molecule has 0 N–H and O–H groups in total. The first-order valence-electron chi connectivity index (χ1n) is 11.9. The monoisotopic (exact) mass is 606 g/mol. The molecular weight excluding hydrogens is 568 g/mol. The summed E-state index contributed by atoms with van der Waals surface area (Å²) in [6, 6.07) is 6.47. The van der Waals surface area contributed by atoms with Crippen LogP contribution >= 0.6 is 0 Å². The van der Waals surface area contributed by atoms with Crippen LogP contribution in [0.4, 0.5) is 0 Å². The third-order valence-corrected chi connectivity index (χ3v) is 7.66. The van der Waals surface area contributed by atoms with Crippen molar-refractivity contribution in [3.05, 3.63) is 35.4 Å². The second-order valence-electron chi connectivity index (χ2n) is 9.46. The van der Waals surface area contributed by atoms with E-state index in [4.69, 9.17) is 36.8 Å². The maximum Gasteiger partial charge on any atom is 0.265 e. The molecule has 0 radical (unpaired) electrons. The molecule has 0 spiro atoms. The quantitative estimate of drug-likeness (QED) is 0.275. The third-order valence-electron chi connectivity index (χ3n) is 6.32. The Morgan fingerprint density at radius 2 is 0.775 bits per heavy atom. The number of ether oxygens (including phenoxy) is 6. The van der Waals surface area contributed by atoms with E-state index >= 15 is 0 Å². The van der Waals surface area contributed by atoms with Crippen LogP contribution in [-0.4, -0.2) is 83.2 Å².